The molecule has 0 saturated heterocycles. The molecule has 0 radical (unpaired) electrons. The molecule has 7 heteroatoms. The van der Waals surface area contributed by atoms with Crippen LogP contribution in [0.15, 0.2) is 78.9 Å². The van der Waals surface area contributed by atoms with E-state index in [1.807, 2.05) is 18.2 Å². The summed E-state index contributed by atoms with van der Waals surface area (Å²) in [5.74, 6) is 0.983. The maximum absolute atomic E-state index is 13.0. The van der Waals surface area contributed by atoms with Crippen LogP contribution in [0.2, 0.25) is 5.02 Å². The highest BCUT2D eigenvalue weighted by molar-refractivity contribution is 6.30. The summed E-state index contributed by atoms with van der Waals surface area (Å²) in [5.41, 5.74) is -0.734. The fourth-order valence-corrected chi connectivity index (χ4v) is 3.06. The fraction of sp³-hybridized carbons (Fsp3) is 0.200. The first-order chi connectivity index (χ1) is 15.4. The van der Waals surface area contributed by atoms with Crippen LogP contribution in [-0.4, -0.2) is 25.0 Å². The van der Waals surface area contributed by atoms with Crippen molar-refractivity contribution >= 4 is 23.5 Å². The number of rotatable bonds is 9. The average Bonchev–Trinajstić information content (AvgIpc) is 2.80. The molecule has 0 fully saturated rings. The van der Waals surface area contributed by atoms with E-state index < -0.39 is 11.6 Å². The Labute approximate surface area is 192 Å². The normalized spacial score (nSPS) is 12.3. The fourth-order valence-electron chi connectivity index (χ4n) is 2.93. The third-order valence-corrected chi connectivity index (χ3v) is 4.87. The Morgan fingerprint density at radius 2 is 1.44 bits per heavy atom. The lowest BCUT2D eigenvalue weighted by Crippen LogP contribution is -2.41. The largest absolute Gasteiger partial charge is 0.471 e. The van der Waals surface area contributed by atoms with Crippen LogP contribution in [0.5, 0.6) is 17.2 Å². The molecule has 0 aliphatic heterocycles. The first kappa shape index (κ1) is 23.2. The lowest BCUT2D eigenvalue weighted by molar-refractivity contribution is -0.161. The highest BCUT2D eigenvalue weighted by Crippen LogP contribution is 2.31. The van der Waals surface area contributed by atoms with Crippen molar-refractivity contribution in [3.8, 4) is 17.2 Å². The molecule has 1 atom stereocenters. The summed E-state index contributed by atoms with van der Waals surface area (Å²) in [6, 6.07) is 23.1. The molecule has 3 rings (SSSR count). The maximum Gasteiger partial charge on any atom is 0.355 e. The van der Waals surface area contributed by atoms with Gasteiger partial charge >= 0.3 is 5.97 Å². The summed E-state index contributed by atoms with van der Waals surface area (Å²) in [5, 5.41) is 3.22. The van der Waals surface area contributed by atoms with E-state index >= 15 is 0 Å². The zero-order chi connectivity index (χ0) is 23.0. The van der Waals surface area contributed by atoms with Crippen molar-refractivity contribution in [3.63, 3.8) is 0 Å². The van der Waals surface area contributed by atoms with Crippen LogP contribution in [0.1, 0.15) is 19.4 Å². The summed E-state index contributed by atoms with van der Waals surface area (Å²) in [4.78, 5) is 24.0. The van der Waals surface area contributed by atoms with Crippen molar-refractivity contribution < 1.29 is 23.8 Å². The van der Waals surface area contributed by atoms with Gasteiger partial charge in [-0.2, -0.15) is 0 Å². The van der Waals surface area contributed by atoms with Gasteiger partial charge in [0.05, 0.1) is 6.54 Å². The lowest BCUT2D eigenvalue weighted by Gasteiger charge is -2.29. The lowest BCUT2D eigenvalue weighted by atomic mass is 9.95. The molecule has 3 aromatic carbocycles. The van der Waals surface area contributed by atoms with E-state index in [0.717, 1.165) is 0 Å². The molecule has 0 aliphatic carbocycles. The van der Waals surface area contributed by atoms with Gasteiger partial charge in [-0.15, -0.1) is 0 Å². The predicted octanol–water partition coefficient (Wildman–Crippen LogP) is 5.11. The van der Waals surface area contributed by atoms with Gasteiger partial charge in [0, 0.05) is 17.5 Å². The molecular formula is C25H24ClNO5. The Kier molecular flexibility index (Phi) is 7.73. The van der Waals surface area contributed by atoms with Gasteiger partial charge in [0.1, 0.15) is 23.9 Å². The van der Waals surface area contributed by atoms with E-state index in [1.54, 1.807) is 67.6 Å². The molecular weight excluding hydrogens is 430 g/mol. The van der Waals surface area contributed by atoms with E-state index in [9.17, 15) is 9.59 Å². The number of ether oxygens (including phenoxy) is 3. The summed E-state index contributed by atoms with van der Waals surface area (Å²) < 4.78 is 17.3. The third-order valence-electron chi connectivity index (χ3n) is 4.62. The first-order valence-electron chi connectivity index (χ1n) is 10.1. The highest BCUT2D eigenvalue weighted by Gasteiger charge is 2.39. The number of amides is 1. The number of esters is 1. The number of carbonyl (C=O) groups is 2. The van der Waals surface area contributed by atoms with Crippen molar-refractivity contribution in [2.75, 3.05) is 13.2 Å². The number of benzene rings is 3. The molecule has 1 N–H and O–H groups in total. The Morgan fingerprint density at radius 3 is 2.03 bits per heavy atom. The van der Waals surface area contributed by atoms with Gasteiger partial charge in [-0.25, -0.2) is 4.79 Å². The second-order valence-corrected chi connectivity index (χ2v) is 7.58. The standard InChI is InChI=1S/C25H24ClNO5/c1-18(28)27-16-17-30-24(29)25(2,19-6-4-3-5-7-19)32-23-14-12-22(13-15-23)31-21-10-8-20(26)9-11-21/h3-15H,16-17H2,1-2H3,(H,27,28). The molecule has 0 bridgehead atoms. The smallest absolute Gasteiger partial charge is 0.355 e. The summed E-state index contributed by atoms with van der Waals surface area (Å²) in [7, 11) is 0. The van der Waals surface area contributed by atoms with E-state index in [-0.39, 0.29) is 19.1 Å². The van der Waals surface area contributed by atoms with Gasteiger partial charge in [-0.1, -0.05) is 41.9 Å². The maximum atomic E-state index is 13.0. The number of halogens is 1. The Morgan fingerprint density at radius 1 is 0.875 bits per heavy atom. The zero-order valence-corrected chi connectivity index (χ0v) is 18.6. The molecule has 0 aliphatic rings. The minimum atomic E-state index is -1.38. The summed E-state index contributed by atoms with van der Waals surface area (Å²) >= 11 is 5.90. The van der Waals surface area contributed by atoms with Crippen molar-refractivity contribution in [1.82, 2.24) is 5.32 Å². The molecule has 1 unspecified atom stereocenters. The monoisotopic (exact) mass is 453 g/mol. The van der Waals surface area contributed by atoms with Gasteiger partial charge in [-0.05, 0) is 55.5 Å². The molecule has 0 spiro atoms. The van der Waals surface area contributed by atoms with E-state index in [4.69, 9.17) is 25.8 Å². The second-order valence-electron chi connectivity index (χ2n) is 7.15. The van der Waals surface area contributed by atoms with Crippen LogP contribution in [0, 0.1) is 0 Å². The minimum Gasteiger partial charge on any atom is -0.471 e. The molecule has 6 nitrogen and oxygen atoms in total. The summed E-state index contributed by atoms with van der Waals surface area (Å²) in [6.45, 7) is 3.32. The number of carbonyl (C=O) groups excluding carboxylic acids is 2. The van der Waals surface area contributed by atoms with Crippen LogP contribution in [0.25, 0.3) is 0 Å². The first-order valence-corrected chi connectivity index (χ1v) is 10.4. The van der Waals surface area contributed by atoms with E-state index in [2.05, 4.69) is 5.32 Å². The quantitative estimate of drug-likeness (QED) is 0.360. The Hall–Kier alpha value is -3.51. The average molecular weight is 454 g/mol. The van der Waals surface area contributed by atoms with Crippen LogP contribution in [-0.2, 0) is 19.9 Å². The van der Waals surface area contributed by atoms with Crippen molar-refractivity contribution in [3.05, 3.63) is 89.4 Å². The minimum absolute atomic E-state index is 0.0397. The Balaban J connectivity index is 1.73. The Bertz CT molecular complexity index is 1040. The summed E-state index contributed by atoms with van der Waals surface area (Å²) in [6.07, 6.45) is 0. The molecule has 0 saturated carbocycles. The SMILES string of the molecule is CC(=O)NCCOC(=O)C(C)(Oc1ccc(Oc2ccc(Cl)cc2)cc1)c1ccccc1. The van der Waals surface area contributed by atoms with Crippen molar-refractivity contribution in [2.45, 2.75) is 19.4 Å². The molecule has 0 heterocycles. The molecule has 1 amide bonds. The molecule has 32 heavy (non-hydrogen) atoms. The van der Waals surface area contributed by atoms with Crippen molar-refractivity contribution in [2.24, 2.45) is 0 Å². The van der Waals surface area contributed by atoms with Gasteiger partial charge in [0.2, 0.25) is 11.5 Å². The molecule has 0 aromatic heterocycles. The van der Waals surface area contributed by atoms with Crippen LogP contribution in [0.4, 0.5) is 0 Å². The number of hydrogen-bond acceptors (Lipinski definition) is 5. The van der Waals surface area contributed by atoms with Gasteiger partial charge in [-0.3, -0.25) is 4.79 Å². The second kappa shape index (κ2) is 10.7. The van der Waals surface area contributed by atoms with E-state index in [1.165, 1.54) is 6.92 Å². The van der Waals surface area contributed by atoms with Crippen LogP contribution in [0.3, 0.4) is 0 Å². The predicted molar refractivity (Wildman–Crippen MR) is 122 cm³/mol. The molecule has 166 valence electrons. The van der Waals surface area contributed by atoms with Crippen LogP contribution >= 0.6 is 11.6 Å². The number of nitrogens with one attached hydrogen (secondary N) is 1. The van der Waals surface area contributed by atoms with E-state index in [0.29, 0.717) is 27.8 Å². The van der Waals surface area contributed by atoms with Gasteiger partial charge in [0.15, 0.2) is 0 Å². The number of hydrogen-bond donors (Lipinski definition) is 1. The zero-order valence-electron chi connectivity index (χ0n) is 17.8. The van der Waals surface area contributed by atoms with Crippen LogP contribution < -0.4 is 14.8 Å². The third kappa shape index (κ3) is 6.25. The topological polar surface area (TPSA) is 73.9 Å². The van der Waals surface area contributed by atoms with Crippen molar-refractivity contribution in [1.29, 1.82) is 0 Å². The van der Waals surface area contributed by atoms with Gasteiger partial charge < -0.3 is 19.5 Å². The van der Waals surface area contributed by atoms with Gasteiger partial charge in [0.25, 0.3) is 0 Å². The molecule has 3 aromatic rings. The highest BCUT2D eigenvalue weighted by atomic mass is 35.5.